The third-order valence-electron chi connectivity index (χ3n) is 4.92. The highest BCUT2D eigenvalue weighted by atomic mass is 79.9. The Morgan fingerprint density at radius 3 is 2.69 bits per heavy atom. The highest BCUT2D eigenvalue weighted by molar-refractivity contribution is 9.10. The van der Waals surface area contributed by atoms with E-state index >= 15 is 0 Å². The number of benzene rings is 4. The third kappa shape index (κ3) is 5.15. The molecule has 0 saturated heterocycles. The normalized spacial score (nSPS) is 10.9. The fourth-order valence-electron chi connectivity index (χ4n) is 3.35. The average molecular weight is 489 g/mol. The number of hydrogen-bond donors (Lipinski definition) is 1. The van der Waals surface area contributed by atoms with Crippen LogP contribution in [0.1, 0.15) is 21.5 Å². The summed E-state index contributed by atoms with van der Waals surface area (Å²) in [6.07, 6.45) is 1.58. The molecule has 0 atom stereocenters. The molecular formula is C26H21BrN2O3. The lowest BCUT2D eigenvalue weighted by Gasteiger charge is -2.09. The van der Waals surface area contributed by atoms with Gasteiger partial charge in [0, 0.05) is 4.47 Å². The van der Waals surface area contributed by atoms with Gasteiger partial charge in [-0.05, 0) is 52.2 Å². The molecule has 4 aromatic carbocycles. The Morgan fingerprint density at radius 1 is 1.00 bits per heavy atom. The van der Waals surface area contributed by atoms with Gasteiger partial charge in [0.25, 0.3) is 5.91 Å². The molecule has 0 fully saturated rings. The average Bonchev–Trinajstić information content (AvgIpc) is 2.83. The molecule has 32 heavy (non-hydrogen) atoms. The number of methoxy groups -OCH3 is 1. The topological polar surface area (TPSA) is 59.9 Å². The molecular weight excluding hydrogens is 468 g/mol. The van der Waals surface area contributed by atoms with Crippen LogP contribution in [0.5, 0.6) is 11.5 Å². The number of amides is 1. The smallest absolute Gasteiger partial charge is 0.275 e. The van der Waals surface area contributed by atoms with E-state index < -0.39 is 0 Å². The third-order valence-corrected chi connectivity index (χ3v) is 5.41. The molecule has 0 aromatic heterocycles. The Bertz CT molecular complexity index is 1280. The second-order valence-corrected chi connectivity index (χ2v) is 7.96. The van der Waals surface area contributed by atoms with Gasteiger partial charge >= 0.3 is 0 Å². The molecule has 0 spiro atoms. The van der Waals surface area contributed by atoms with Crippen LogP contribution in [-0.4, -0.2) is 19.2 Å². The fraction of sp³-hybridized carbons (Fsp3) is 0.0769. The molecule has 0 unspecified atom stereocenters. The van der Waals surface area contributed by atoms with Gasteiger partial charge in [-0.2, -0.15) is 5.10 Å². The van der Waals surface area contributed by atoms with Crippen molar-refractivity contribution in [1.29, 1.82) is 0 Å². The van der Waals surface area contributed by atoms with Crippen molar-refractivity contribution in [2.24, 2.45) is 5.10 Å². The van der Waals surface area contributed by atoms with Crippen LogP contribution >= 0.6 is 15.9 Å². The van der Waals surface area contributed by atoms with Crippen LogP contribution in [0.15, 0.2) is 94.5 Å². The zero-order chi connectivity index (χ0) is 22.3. The van der Waals surface area contributed by atoms with Gasteiger partial charge in [-0.3, -0.25) is 4.79 Å². The van der Waals surface area contributed by atoms with Gasteiger partial charge in [-0.15, -0.1) is 0 Å². The first kappa shape index (κ1) is 21.6. The van der Waals surface area contributed by atoms with E-state index in [2.05, 4.69) is 50.7 Å². The van der Waals surface area contributed by atoms with Crippen LogP contribution in [-0.2, 0) is 6.61 Å². The number of hydrazone groups is 1. The molecule has 4 aromatic rings. The van der Waals surface area contributed by atoms with Crippen LogP contribution in [0.2, 0.25) is 0 Å². The zero-order valence-electron chi connectivity index (χ0n) is 17.4. The molecule has 0 bridgehead atoms. The highest BCUT2D eigenvalue weighted by Gasteiger charge is 2.12. The van der Waals surface area contributed by atoms with Gasteiger partial charge in [0.05, 0.1) is 18.9 Å². The number of carbonyl (C=O) groups excluding carboxylic acids is 1. The molecule has 0 aliphatic carbocycles. The minimum absolute atomic E-state index is 0.359. The number of hydrogen-bond acceptors (Lipinski definition) is 4. The van der Waals surface area contributed by atoms with E-state index in [1.54, 1.807) is 18.3 Å². The van der Waals surface area contributed by atoms with Gasteiger partial charge < -0.3 is 9.47 Å². The van der Waals surface area contributed by atoms with E-state index in [0.29, 0.717) is 17.9 Å². The molecule has 4 rings (SSSR count). The summed E-state index contributed by atoms with van der Waals surface area (Å²) in [5.74, 6) is 0.842. The van der Waals surface area contributed by atoms with Crippen molar-refractivity contribution in [3.8, 4) is 11.5 Å². The second-order valence-electron chi connectivity index (χ2n) is 7.04. The van der Waals surface area contributed by atoms with E-state index in [0.717, 1.165) is 21.3 Å². The van der Waals surface area contributed by atoms with Crippen molar-refractivity contribution in [2.75, 3.05) is 7.11 Å². The Balaban J connectivity index is 1.41. The fourth-order valence-corrected chi connectivity index (χ4v) is 3.71. The monoisotopic (exact) mass is 488 g/mol. The number of fused-ring (bicyclic) bond motifs is 1. The van der Waals surface area contributed by atoms with Crippen molar-refractivity contribution in [3.05, 3.63) is 106 Å². The van der Waals surface area contributed by atoms with Crippen LogP contribution < -0.4 is 14.9 Å². The minimum atomic E-state index is -0.359. The van der Waals surface area contributed by atoms with Gasteiger partial charge in [0.15, 0.2) is 0 Å². The number of halogens is 1. The van der Waals surface area contributed by atoms with Crippen molar-refractivity contribution < 1.29 is 14.3 Å². The van der Waals surface area contributed by atoms with E-state index in [4.69, 9.17) is 9.47 Å². The highest BCUT2D eigenvalue weighted by Crippen LogP contribution is 2.23. The Hall–Kier alpha value is -3.64. The zero-order valence-corrected chi connectivity index (χ0v) is 19.0. The number of nitrogens with one attached hydrogen (secondary N) is 1. The summed E-state index contributed by atoms with van der Waals surface area (Å²) in [6, 6.07) is 27.2. The van der Waals surface area contributed by atoms with Crippen molar-refractivity contribution >= 4 is 38.8 Å². The maximum Gasteiger partial charge on any atom is 0.275 e. The van der Waals surface area contributed by atoms with Crippen LogP contribution in [0, 0.1) is 0 Å². The van der Waals surface area contributed by atoms with E-state index in [-0.39, 0.29) is 5.91 Å². The first-order valence-electron chi connectivity index (χ1n) is 10.0. The van der Waals surface area contributed by atoms with Crippen molar-refractivity contribution in [1.82, 2.24) is 5.43 Å². The summed E-state index contributed by atoms with van der Waals surface area (Å²) in [4.78, 5) is 12.4. The molecule has 160 valence electrons. The van der Waals surface area contributed by atoms with Gasteiger partial charge in [-0.25, -0.2) is 5.43 Å². The molecule has 1 amide bonds. The Kier molecular flexibility index (Phi) is 6.82. The maximum absolute atomic E-state index is 12.4. The summed E-state index contributed by atoms with van der Waals surface area (Å²) >= 11 is 3.36. The van der Waals surface area contributed by atoms with Crippen molar-refractivity contribution in [3.63, 3.8) is 0 Å². The van der Waals surface area contributed by atoms with Crippen molar-refractivity contribution in [2.45, 2.75) is 6.61 Å². The summed E-state index contributed by atoms with van der Waals surface area (Å²) in [6.45, 7) is 0.460. The quantitative estimate of drug-likeness (QED) is 0.258. The Labute approximate surface area is 194 Å². The first-order valence-corrected chi connectivity index (χ1v) is 10.8. The minimum Gasteiger partial charge on any atom is -0.496 e. The van der Waals surface area contributed by atoms with Crippen LogP contribution in [0.3, 0.4) is 0 Å². The first-order chi connectivity index (χ1) is 15.6. The summed E-state index contributed by atoms with van der Waals surface area (Å²) in [7, 11) is 1.52. The number of carbonyl (C=O) groups is 1. The lowest BCUT2D eigenvalue weighted by atomic mass is 10.1. The molecule has 0 aliphatic heterocycles. The predicted molar refractivity (Wildman–Crippen MR) is 130 cm³/mol. The predicted octanol–water partition coefficient (Wildman–Crippen LogP) is 5.95. The molecule has 6 heteroatoms. The Morgan fingerprint density at radius 2 is 1.81 bits per heavy atom. The second kappa shape index (κ2) is 10.1. The molecule has 5 nitrogen and oxygen atoms in total. The number of nitrogens with zero attached hydrogens (tertiary/aromatic N) is 1. The molecule has 0 heterocycles. The van der Waals surface area contributed by atoms with Gasteiger partial charge in [0.1, 0.15) is 18.1 Å². The van der Waals surface area contributed by atoms with E-state index in [1.165, 1.54) is 17.9 Å². The van der Waals surface area contributed by atoms with Gasteiger partial charge in [-0.1, -0.05) is 70.5 Å². The molecule has 1 N–H and O–H groups in total. The summed E-state index contributed by atoms with van der Waals surface area (Å²) < 4.78 is 12.0. The SMILES string of the molecule is COc1ccc(Br)cc1C(=O)N/N=C\c1cccc(OCc2cccc3ccccc23)c1. The largest absolute Gasteiger partial charge is 0.496 e. The standard InChI is InChI=1S/C26H21BrN2O3/c1-31-25-13-12-21(27)15-24(25)26(30)29-28-16-18-6-4-10-22(14-18)32-17-20-9-5-8-19-7-2-3-11-23(19)20/h2-16H,17H2,1H3,(H,29,30)/b28-16-. The summed E-state index contributed by atoms with van der Waals surface area (Å²) in [5, 5.41) is 6.44. The van der Waals surface area contributed by atoms with Crippen LogP contribution in [0.4, 0.5) is 0 Å². The van der Waals surface area contributed by atoms with E-state index in [1.807, 2.05) is 48.5 Å². The molecule has 0 radical (unpaired) electrons. The maximum atomic E-state index is 12.4. The van der Waals surface area contributed by atoms with Crippen LogP contribution in [0.25, 0.3) is 10.8 Å². The van der Waals surface area contributed by atoms with Gasteiger partial charge in [0.2, 0.25) is 0 Å². The molecule has 0 saturated carbocycles. The number of ether oxygens (including phenoxy) is 2. The number of rotatable bonds is 7. The summed E-state index contributed by atoms with van der Waals surface area (Å²) in [5.41, 5.74) is 4.86. The van der Waals surface area contributed by atoms with E-state index in [9.17, 15) is 4.79 Å². The lowest BCUT2D eigenvalue weighted by Crippen LogP contribution is -2.18. The molecule has 0 aliphatic rings. The lowest BCUT2D eigenvalue weighted by molar-refractivity contribution is 0.0952.